The minimum absolute atomic E-state index is 0.648. The first-order valence-electron chi connectivity index (χ1n) is 14.3. The van der Waals surface area contributed by atoms with Crippen molar-refractivity contribution in [1.82, 2.24) is 24.5 Å². The summed E-state index contributed by atoms with van der Waals surface area (Å²) >= 11 is 3.81. The molecule has 4 aromatic carbocycles. The molecule has 0 saturated heterocycles. The minimum Gasteiger partial charge on any atom is -0.309 e. The lowest BCUT2D eigenvalue weighted by molar-refractivity contribution is 1.16. The summed E-state index contributed by atoms with van der Waals surface area (Å²) in [6.45, 7) is 0. The molecule has 0 bridgehead atoms. The zero-order valence-corrected chi connectivity index (χ0v) is 25.1. The number of halogens is 1. The number of fused-ring (bicyclic) bond motifs is 3. The van der Waals surface area contributed by atoms with Gasteiger partial charge in [0.2, 0.25) is 0 Å². The molecule has 0 N–H and O–H groups in total. The maximum atomic E-state index is 5.08. The Morgan fingerprint density at radius 1 is 0.477 bits per heavy atom. The number of hydrogen-bond donors (Lipinski definition) is 0. The van der Waals surface area contributed by atoms with Gasteiger partial charge < -0.3 is 4.57 Å². The highest BCUT2D eigenvalue weighted by Gasteiger charge is 2.15. The molecule has 5 nitrogen and oxygen atoms in total. The molecule has 0 saturated carbocycles. The summed E-state index contributed by atoms with van der Waals surface area (Å²) in [7, 11) is 0. The Morgan fingerprint density at radius 2 is 1.14 bits per heavy atom. The van der Waals surface area contributed by atoms with Crippen molar-refractivity contribution in [2.24, 2.45) is 0 Å². The highest BCUT2D eigenvalue weighted by atomic mass is 79.9. The van der Waals surface area contributed by atoms with E-state index >= 15 is 0 Å². The maximum Gasteiger partial charge on any atom is 0.160 e. The third-order valence-electron chi connectivity index (χ3n) is 7.86. The van der Waals surface area contributed by atoms with E-state index in [0.717, 1.165) is 60.4 Å². The van der Waals surface area contributed by atoms with Crippen LogP contribution in [0.5, 0.6) is 0 Å². The summed E-state index contributed by atoms with van der Waals surface area (Å²) in [4.78, 5) is 18.6. The number of hydrogen-bond acceptors (Lipinski definition) is 4. The molecule has 208 valence electrons. The second-order valence-corrected chi connectivity index (χ2v) is 11.5. The molecular weight excluding hydrogens is 606 g/mol. The summed E-state index contributed by atoms with van der Waals surface area (Å²) in [6, 6.07) is 42.0. The zero-order chi connectivity index (χ0) is 29.5. The van der Waals surface area contributed by atoms with Crippen LogP contribution in [0.1, 0.15) is 0 Å². The molecule has 0 atom stereocenters. The summed E-state index contributed by atoms with van der Waals surface area (Å²) in [5.41, 5.74) is 10.1. The van der Waals surface area contributed by atoms with Gasteiger partial charge in [-0.15, -0.1) is 0 Å². The van der Waals surface area contributed by atoms with Crippen molar-refractivity contribution in [3.8, 4) is 50.7 Å². The van der Waals surface area contributed by atoms with E-state index in [9.17, 15) is 0 Å². The fraction of sp³-hybridized carbons (Fsp3) is 0. The number of benzene rings is 4. The summed E-state index contributed by atoms with van der Waals surface area (Å²) in [5.74, 6) is 0.648. The van der Waals surface area contributed by atoms with Crippen LogP contribution in [0.3, 0.4) is 0 Å². The second-order valence-electron chi connectivity index (χ2n) is 10.6. The van der Waals surface area contributed by atoms with Crippen molar-refractivity contribution in [2.75, 3.05) is 0 Å². The Bertz CT molecular complexity index is 2220. The van der Waals surface area contributed by atoms with Crippen molar-refractivity contribution < 1.29 is 0 Å². The van der Waals surface area contributed by atoms with Gasteiger partial charge in [0, 0.05) is 62.4 Å². The molecule has 0 radical (unpaired) electrons. The number of pyridine rings is 2. The number of para-hydroxylation sites is 2. The van der Waals surface area contributed by atoms with Gasteiger partial charge in [-0.3, -0.25) is 9.97 Å². The fourth-order valence-corrected chi connectivity index (χ4v) is 6.27. The standard InChI is InChI=1S/C38H24BrN5/c39-30-20-29(21-31(22-30)44-36-9-3-1-7-32(36)33-8-2-4-10-37(33)44)35-23-34(42-38(43-35)27-15-18-40-19-16-27)26-13-11-25(12-14-26)28-6-5-17-41-24-28/h1-24H. The van der Waals surface area contributed by atoms with Gasteiger partial charge in [-0.2, -0.15) is 0 Å². The van der Waals surface area contributed by atoms with Crippen LogP contribution in [-0.4, -0.2) is 24.5 Å². The monoisotopic (exact) mass is 629 g/mol. The SMILES string of the molecule is Brc1cc(-c2cc(-c3ccc(-c4cccnc4)cc3)nc(-c3ccncc3)n2)cc(-n2c3ccccc3c3ccccc32)c1. The van der Waals surface area contributed by atoms with E-state index in [1.807, 2.05) is 24.4 Å². The quantitative estimate of drug-likeness (QED) is 0.190. The van der Waals surface area contributed by atoms with E-state index in [1.165, 1.54) is 10.8 Å². The van der Waals surface area contributed by atoms with E-state index < -0.39 is 0 Å². The highest BCUT2D eigenvalue weighted by molar-refractivity contribution is 9.10. The van der Waals surface area contributed by atoms with Crippen LogP contribution in [0.2, 0.25) is 0 Å². The van der Waals surface area contributed by atoms with Gasteiger partial charge in [-0.05, 0) is 65.7 Å². The van der Waals surface area contributed by atoms with Crippen molar-refractivity contribution in [3.63, 3.8) is 0 Å². The molecule has 0 unspecified atom stereocenters. The summed E-state index contributed by atoms with van der Waals surface area (Å²) in [6.07, 6.45) is 7.21. The van der Waals surface area contributed by atoms with Crippen LogP contribution in [-0.2, 0) is 0 Å². The topological polar surface area (TPSA) is 56.5 Å². The Kier molecular flexibility index (Phi) is 6.54. The molecule has 0 spiro atoms. The molecule has 0 aliphatic rings. The molecule has 6 heteroatoms. The molecule has 8 aromatic rings. The van der Waals surface area contributed by atoms with Crippen molar-refractivity contribution in [3.05, 3.63) is 151 Å². The highest BCUT2D eigenvalue weighted by Crippen LogP contribution is 2.36. The molecule has 0 amide bonds. The van der Waals surface area contributed by atoms with Gasteiger partial charge in [0.25, 0.3) is 0 Å². The Hall–Kier alpha value is -5.46. The smallest absolute Gasteiger partial charge is 0.160 e. The fourth-order valence-electron chi connectivity index (χ4n) is 5.79. The predicted molar refractivity (Wildman–Crippen MR) is 181 cm³/mol. The number of nitrogens with zero attached hydrogens (tertiary/aromatic N) is 5. The van der Waals surface area contributed by atoms with Crippen LogP contribution >= 0.6 is 15.9 Å². The normalized spacial score (nSPS) is 11.3. The van der Waals surface area contributed by atoms with Crippen LogP contribution < -0.4 is 0 Å². The Morgan fingerprint density at radius 3 is 1.82 bits per heavy atom. The van der Waals surface area contributed by atoms with Gasteiger partial charge in [-0.25, -0.2) is 9.97 Å². The van der Waals surface area contributed by atoms with Gasteiger partial charge in [-0.1, -0.05) is 82.7 Å². The number of aromatic nitrogens is 5. The molecule has 0 aliphatic carbocycles. The predicted octanol–water partition coefficient (Wildman–Crippen LogP) is 9.79. The van der Waals surface area contributed by atoms with Gasteiger partial charge in [0.05, 0.1) is 22.4 Å². The van der Waals surface area contributed by atoms with Gasteiger partial charge >= 0.3 is 0 Å². The van der Waals surface area contributed by atoms with Crippen molar-refractivity contribution in [2.45, 2.75) is 0 Å². The van der Waals surface area contributed by atoms with E-state index in [0.29, 0.717) is 5.82 Å². The molecule has 44 heavy (non-hydrogen) atoms. The summed E-state index contributed by atoms with van der Waals surface area (Å²) in [5, 5.41) is 2.45. The zero-order valence-electron chi connectivity index (χ0n) is 23.5. The lowest BCUT2D eigenvalue weighted by Gasteiger charge is -2.13. The first-order valence-corrected chi connectivity index (χ1v) is 15.1. The average Bonchev–Trinajstić information content (AvgIpc) is 3.43. The molecule has 4 aromatic heterocycles. The molecular formula is C38H24BrN5. The third-order valence-corrected chi connectivity index (χ3v) is 8.31. The van der Waals surface area contributed by atoms with Crippen LogP contribution in [0.25, 0.3) is 72.5 Å². The third kappa shape index (κ3) is 4.75. The van der Waals surface area contributed by atoms with Crippen LogP contribution in [0.4, 0.5) is 0 Å². The molecule has 0 aliphatic heterocycles. The van der Waals surface area contributed by atoms with Crippen molar-refractivity contribution in [1.29, 1.82) is 0 Å². The molecule has 8 rings (SSSR count). The second kappa shape index (κ2) is 11.0. The minimum atomic E-state index is 0.648. The lowest BCUT2D eigenvalue weighted by atomic mass is 10.0. The maximum absolute atomic E-state index is 5.08. The van der Waals surface area contributed by atoms with Crippen LogP contribution in [0.15, 0.2) is 151 Å². The largest absolute Gasteiger partial charge is 0.309 e. The Balaban J connectivity index is 1.30. The lowest BCUT2D eigenvalue weighted by Crippen LogP contribution is -1.98. The van der Waals surface area contributed by atoms with E-state index in [4.69, 9.17) is 9.97 Å². The van der Waals surface area contributed by atoms with E-state index in [2.05, 4.69) is 134 Å². The van der Waals surface area contributed by atoms with E-state index in [-0.39, 0.29) is 0 Å². The first kappa shape index (κ1) is 26.2. The van der Waals surface area contributed by atoms with Crippen LogP contribution in [0, 0.1) is 0 Å². The Labute approximate surface area is 262 Å². The van der Waals surface area contributed by atoms with Crippen molar-refractivity contribution >= 4 is 37.7 Å². The number of rotatable bonds is 5. The molecule has 0 fully saturated rings. The van der Waals surface area contributed by atoms with E-state index in [1.54, 1.807) is 18.6 Å². The van der Waals surface area contributed by atoms with Gasteiger partial charge in [0.15, 0.2) is 5.82 Å². The first-order chi connectivity index (χ1) is 21.7. The average molecular weight is 631 g/mol. The summed E-state index contributed by atoms with van der Waals surface area (Å²) < 4.78 is 3.29. The van der Waals surface area contributed by atoms with Gasteiger partial charge in [0.1, 0.15) is 0 Å². The molecule has 4 heterocycles.